The molecular weight excluding hydrogens is 320 g/mol. The topological polar surface area (TPSA) is 71.3 Å². The van der Waals surface area contributed by atoms with Crippen LogP contribution in [0.3, 0.4) is 0 Å². The van der Waals surface area contributed by atoms with Crippen LogP contribution >= 0.6 is 0 Å². The van der Waals surface area contributed by atoms with Crippen LogP contribution in [0.15, 0.2) is 27.8 Å². The Morgan fingerprint density at radius 3 is 2.84 bits per heavy atom. The maximum absolute atomic E-state index is 5.67. The average molecular weight is 350 g/mol. The van der Waals surface area contributed by atoms with Gasteiger partial charge in [0.15, 0.2) is 5.96 Å². The first-order chi connectivity index (χ1) is 12.4. The highest BCUT2D eigenvalue weighted by atomic mass is 16.5. The van der Waals surface area contributed by atoms with Crippen molar-refractivity contribution in [3.63, 3.8) is 0 Å². The molecule has 0 bridgehead atoms. The van der Waals surface area contributed by atoms with Crippen LogP contribution in [0.4, 0.5) is 0 Å². The summed E-state index contributed by atoms with van der Waals surface area (Å²) in [5.74, 6) is 1.84. The number of aliphatic imine (C=N–C) groups is 1. The zero-order valence-electron chi connectivity index (χ0n) is 14.9. The normalized spacial score (nSPS) is 22.2. The number of rotatable bonds is 8. The molecule has 2 aliphatic heterocycles. The van der Waals surface area contributed by atoms with Crippen molar-refractivity contribution >= 4 is 5.96 Å². The number of hydrogen-bond acceptors (Lipinski definition) is 5. The first kappa shape index (κ1) is 18.2. The minimum atomic E-state index is 0.267. The predicted octanol–water partition coefficient (Wildman–Crippen LogP) is 0.869. The zero-order chi connectivity index (χ0) is 17.2. The number of guanidine groups is 1. The Hall–Kier alpha value is -1.57. The van der Waals surface area contributed by atoms with Crippen molar-refractivity contribution < 1.29 is 13.9 Å². The van der Waals surface area contributed by atoms with E-state index in [0.29, 0.717) is 6.54 Å². The van der Waals surface area contributed by atoms with Crippen molar-refractivity contribution in [2.75, 3.05) is 59.1 Å². The Bertz CT molecular complexity index is 494. The summed E-state index contributed by atoms with van der Waals surface area (Å²) in [6.45, 7) is 7.94. The molecule has 25 heavy (non-hydrogen) atoms. The van der Waals surface area contributed by atoms with Crippen LogP contribution in [-0.4, -0.2) is 76.1 Å². The third kappa shape index (κ3) is 6.68. The Morgan fingerprint density at radius 1 is 1.20 bits per heavy atom. The molecule has 0 aliphatic carbocycles. The van der Waals surface area contributed by atoms with Crippen molar-refractivity contribution in [1.29, 1.82) is 0 Å². The van der Waals surface area contributed by atoms with Gasteiger partial charge in [-0.05, 0) is 25.0 Å². The van der Waals surface area contributed by atoms with E-state index in [-0.39, 0.29) is 6.10 Å². The summed E-state index contributed by atoms with van der Waals surface area (Å²) in [6, 6.07) is 3.92. The van der Waals surface area contributed by atoms with E-state index < -0.39 is 0 Å². The maximum atomic E-state index is 5.67. The molecule has 1 aromatic rings. The van der Waals surface area contributed by atoms with Crippen LogP contribution in [0, 0.1) is 0 Å². The van der Waals surface area contributed by atoms with E-state index in [9.17, 15) is 0 Å². The number of furan rings is 1. The number of hydrogen-bond donors (Lipinski definition) is 2. The molecule has 0 aromatic carbocycles. The Kier molecular flexibility index (Phi) is 7.60. The lowest BCUT2D eigenvalue weighted by molar-refractivity contribution is 0.0389. The molecule has 0 radical (unpaired) electrons. The molecule has 140 valence electrons. The molecular formula is C18H30N4O3. The van der Waals surface area contributed by atoms with Gasteiger partial charge >= 0.3 is 0 Å². The summed E-state index contributed by atoms with van der Waals surface area (Å²) in [6.07, 6.45) is 5.07. The number of morpholine rings is 1. The largest absolute Gasteiger partial charge is 0.469 e. The molecule has 2 fully saturated rings. The molecule has 0 saturated carbocycles. The highest BCUT2D eigenvalue weighted by Crippen LogP contribution is 2.11. The molecule has 7 nitrogen and oxygen atoms in total. The SMILES string of the molecule is c1coc(CCNC(=NCC2CCCO2)NCCN2CCOCC2)c1. The summed E-state index contributed by atoms with van der Waals surface area (Å²) in [7, 11) is 0. The van der Waals surface area contributed by atoms with Gasteiger partial charge in [-0.2, -0.15) is 0 Å². The molecule has 1 aromatic heterocycles. The summed E-state index contributed by atoms with van der Waals surface area (Å²) in [5, 5.41) is 6.84. The van der Waals surface area contributed by atoms with E-state index in [1.807, 2.05) is 12.1 Å². The van der Waals surface area contributed by atoms with Crippen LogP contribution in [0.5, 0.6) is 0 Å². The third-order valence-corrected chi connectivity index (χ3v) is 4.55. The molecule has 2 saturated heterocycles. The maximum Gasteiger partial charge on any atom is 0.191 e. The van der Waals surface area contributed by atoms with Gasteiger partial charge in [0.25, 0.3) is 0 Å². The lowest BCUT2D eigenvalue weighted by Crippen LogP contribution is -2.45. The first-order valence-electron chi connectivity index (χ1n) is 9.36. The van der Waals surface area contributed by atoms with Gasteiger partial charge < -0.3 is 24.5 Å². The van der Waals surface area contributed by atoms with Gasteiger partial charge in [-0.3, -0.25) is 9.89 Å². The van der Waals surface area contributed by atoms with E-state index in [2.05, 4.69) is 15.5 Å². The third-order valence-electron chi connectivity index (χ3n) is 4.55. The predicted molar refractivity (Wildman–Crippen MR) is 97.0 cm³/mol. The molecule has 2 aliphatic rings. The minimum Gasteiger partial charge on any atom is -0.469 e. The second-order valence-corrected chi connectivity index (χ2v) is 6.46. The van der Waals surface area contributed by atoms with E-state index in [4.69, 9.17) is 18.9 Å². The number of nitrogens with one attached hydrogen (secondary N) is 2. The van der Waals surface area contributed by atoms with Gasteiger partial charge in [0.05, 0.1) is 32.1 Å². The van der Waals surface area contributed by atoms with Crippen molar-refractivity contribution in [3.8, 4) is 0 Å². The van der Waals surface area contributed by atoms with Gasteiger partial charge in [0.2, 0.25) is 0 Å². The van der Waals surface area contributed by atoms with Crippen molar-refractivity contribution in [2.24, 2.45) is 4.99 Å². The quantitative estimate of drug-likeness (QED) is 0.535. The minimum absolute atomic E-state index is 0.267. The second kappa shape index (κ2) is 10.4. The molecule has 0 amide bonds. The molecule has 1 unspecified atom stereocenters. The summed E-state index contributed by atoms with van der Waals surface area (Å²) < 4.78 is 16.4. The molecule has 1 atom stereocenters. The van der Waals surface area contributed by atoms with Crippen molar-refractivity contribution in [1.82, 2.24) is 15.5 Å². The van der Waals surface area contributed by atoms with Gasteiger partial charge in [0.1, 0.15) is 5.76 Å². The lowest BCUT2D eigenvalue weighted by Gasteiger charge is -2.26. The first-order valence-corrected chi connectivity index (χ1v) is 9.36. The fraction of sp³-hybridized carbons (Fsp3) is 0.722. The van der Waals surface area contributed by atoms with Crippen LogP contribution in [0.25, 0.3) is 0 Å². The average Bonchev–Trinajstić information content (AvgIpc) is 3.34. The lowest BCUT2D eigenvalue weighted by atomic mass is 10.2. The van der Waals surface area contributed by atoms with E-state index in [1.165, 1.54) is 0 Å². The van der Waals surface area contributed by atoms with Crippen LogP contribution < -0.4 is 10.6 Å². The summed E-state index contributed by atoms with van der Waals surface area (Å²) >= 11 is 0. The fourth-order valence-corrected chi connectivity index (χ4v) is 3.07. The monoisotopic (exact) mass is 350 g/mol. The summed E-state index contributed by atoms with van der Waals surface area (Å²) in [5.41, 5.74) is 0. The fourth-order valence-electron chi connectivity index (χ4n) is 3.07. The highest BCUT2D eigenvalue weighted by Gasteiger charge is 2.15. The smallest absolute Gasteiger partial charge is 0.191 e. The summed E-state index contributed by atoms with van der Waals surface area (Å²) in [4.78, 5) is 7.12. The van der Waals surface area contributed by atoms with Crippen molar-refractivity contribution in [3.05, 3.63) is 24.2 Å². The van der Waals surface area contributed by atoms with Gasteiger partial charge in [-0.1, -0.05) is 0 Å². The van der Waals surface area contributed by atoms with Gasteiger partial charge in [0, 0.05) is 45.8 Å². The molecule has 7 heteroatoms. The van der Waals surface area contributed by atoms with Crippen LogP contribution in [0.2, 0.25) is 0 Å². The van der Waals surface area contributed by atoms with Crippen LogP contribution in [-0.2, 0) is 15.9 Å². The molecule has 0 spiro atoms. The number of ether oxygens (including phenoxy) is 2. The van der Waals surface area contributed by atoms with Crippen LogP contribution in [0.1, 0.15) is 18.6 Å². The molecule has 2 N–H and O–H groups in total. The standard InChI is InChI=1S/C18H30N4O3/c1-3-16(24-11-1)5-6-19-18(21-15-17-4-2-12-25-17)20-7-8-22-9-13-23-14-10-22/h1,3,11,17H,2,4-10,12-15H2,(H2,19,20,21). The molecule has 3 heterocycles. The van der Waals surface area contributed by atoms with E-state index in [0.717, 1.165) is 83.5 Å². The van der Waals surface area contributed by atoms with Gasteiger partial charge in [-0.25, -0.2) is 0 Å². The molecule has 3 rings (SSSR count). The van der Waals surface area contributed by atoms with E-state index >= 15 is 0 Å². The Morgan fingerprint density at radius 2 is 2.08 bits per heavy atom. The Balaban J connectivity index is 1.41. The zero-order valence-corrected chi connectivity index (χ0v) is 14.9. The highest BCUT2D eigenvalue weighted by molar-refractivity contribution is 5.79. The van der Waals surface area contributed by atoms with E-state index in [1.54, 1.807) is 6.26 Å². The Labute approximate surface area is 149 Å². The van der Waals surface area contributed by atoms with Gasteiger partial charge in [-0.15, -0.1) is 0 Å². The van der Waals surface area contributed by atoms with Crippen molar-refractivity contribution in [2.45, 2.75) is 25.4 Å². The second-order valence-electron chi connectivity index (χ2n) is 6.46. The number of nitrogens with zero attached hydrogens (tertiary/aromatic N) is 2.